The largest absolute Gasteiger partial charge is 0.311 e. The van der Waals surface area contributed by atoms with Crippen molar-refractivity contribution in [3.8, 4) is 77.9 Å². The Morgan fingerprint density at radius 3 is 0.800 bits per heavy atom. The summed E-state index contributed by atoms with van der Waals surface area (Å²) in [6, 6.07) is 130. The van der Waals surface area contributed by atoms with Gasteiger partial charge in [-0.15, -0.1) is 0 Å². The Balaban J connectivity index is 0.000000144. The van der Waals surface area contributed by atoms with Gasteiger partial charge in [-0.3, -0.25) is 0 Å². The second-order valence-electron chi connectivity index (χ2n) is 33.6. The molecular weight excluding hydrogens is 1440 g/mol. The highest BCUT2D eigenvalue weighted by Gasteiger charge is 2.42. The van der Waals surface area contributed by atoms with Gasteiger partial charge >= 0.3 is 0 Å². The molecule has 0 unspecified atom stereocenters. The van der Waals surface area contributed by atoms with Gasteiger partial charge in [-0.05, 0) is 229 Å². The zero-order valence-corrected chi connectivity index (χ0v) is 73.4. The van der Waals surface area contributed by atoms with Gasteiger partial charge in [0.25, 0.3) is 0 Å². The number of fused-ring (bicyclic) bond motifs is 7. The van der Waals surface area contributed by atoms with E-state index in [2.05, 4.69) is 403 Å². The van der Waals surface area contributed by atoms with Gasteiger partial charge < -0.3 is 4.90 Å². The Bertz CT molecular complexity index is 5560. The van der Waals surface area contributed by atoms with E-state index in [1.807, 2.05) is 42.5 Å². The highest BCUT2D eigenvalue weighted by Crippen LogP contribution is 2.60. The minimum Gasteiger partial charge on any atom is -0.311 e. The molecule has 0 fully saturated rings. The highest BCUT2D eigenvalue weighted by molar-refractivity contribution is 6.30. The first-order chi connectivity index (χ1) is 58.6. The van der Waals surface area contributed by atoms with Gasteiger partial charge in [-0.1, -0.05) is 468 Å². The van der Waals surface area contributed by atoms with Crippen LogP contribution >= 0.6 is 0 Å². The molecular formula is C119H123N. The second-order valence-corrected chi connectivity index (χ2v) is 33.6. The van der Waals surface area contributed by atoms with Crippen molar-refractivity contribution in [3.63, 3.8) is 0 Å². The van der Waals surface area contributed by atoms with Crippen LogP contribution < -0.4 is 4.90 Å². The first kappa shape index (κ1) is 85.7. The summed E-state index contributed by atoms with van der Waals surface area (Å²) in [5.74, 6) is 0. The minimum atomic E-state index is 0.234. The zero-order valence-electron chi connectivity index (χ0n) is 73.4. The fourth-order valence-electron chi connectivity index (χ4n) is 17.6. The third-order valence-corrected chi connectivity index (χ3v) is 24.0. The van der Waals surface area contributed by atoms with Crippen molar-refractivity contribution in [1.29, 1.82) is 0 Å². The molecule has 2 aliphatic carbocycles. The molecule has 0 atom stereocenters. The fourth-order valence-corrected chi connectivity index (χ4v) is 17.6. The molecule has 16 aromatic rings. The number of hydrogen-bond donors (Lipinski definition) is 0. The number of aryl methyl sites for hydroxylation is 10. The Morgan fingerprint density at radius 1 is 0.200 bits per heavy atom. The van der Waals surface area contributed by atoms with E-state index in [1.165, 1.54) is 262 Å². The van der Waals surface area contributed by atoms with Crippen molar-refractivity contribution in [2.45, 2.75) is 178 Å². The molecule has 0 amide bonds. The van der Waals surface area contributed by atoms with Crippen LogP contribution in [0.2, 0.25) is 0 Å². The first-order valence-electron chi connectivity index (χ1n) is 44.3. The van der Waals surface area contributed by atoms with E-state index in [0.29, 0.717) is 0 Å². The van der Waals surface area contributed by atoms with E-state index in [4.69, 9.17) is 0 Å². The van der Waals surface area contributed by atoms with Crippen LogP contribution in [0.15, 0.2) is 358 Å². The Labute approximate surface area is 719 Å². The molecule has 16 aromatic carbocycles. The highest BCUT2D eigenvalue weighted by atomic mass is 15.1. The second kappa shape index (κ2) is 42.0. The number of nitrogens with zero attached hydrogens (tertiary/aromatic N) is 1. The van der Waals surface area contributed by atoms with E-state index in [1.54, 1.807) is 11.1 Å². The molecule has 1 nitrogen and oxygen atoms in total. The van der Waals surface area contributed by atoms with Crippen molar-refractivity contribution in [2.24, 2.45) is 0 Å². The van der Waals surface area contributed by atoms with Crippen LogP contribution in [0.3, 0.4) is 0 Å². The predicted molar refractivity (Wildman–Crippen MR) is 524 cm³/mol. The molecule has 0 aliphatic heterocycles. The molecule has 1 heteroatoms. The molecule has 2 aliphatic rings. The third kappa shape index (κ3) is 21.1. The van der Waals surface area contributed by atoms with Crippen LogP contribution in [-0.2, 0) is 5.41 Å². The summed E-state index contributed by atoms with van der Waals surface area (Å²) in [6.45, 7) is 26.1. The Hall–Kier alpha value is -12.2. The fraction of sp³-hybridized carbons (Fsp3) is 0.227. The quantitative estimate of drug-likeness (QED) is 0.0648. The summed E-state index contributed by atoms with van der Waals surface area (Å²) in [7, 11) is 0. The Morgan fingerprint density at radius 2 is 0.458 bits per heavy atom. The van der Waals surface area contributed by atoms with Gasteiger partial charge in [-0.25, -0.2) is 0 Å². The van der Waals surface area contributed by atoms with Crippen LogP contribution in [0.5, 0.6) is 0 Å². The van der Waals surface area contributed by atoms with Crippen molar-refractivity contribution >= 4 is 38.6 Å². The van der Waals surface area contributed by atoms with Gasteiger partial charge in [0.2, 0.25) is 0 Å². The normalized spacial score (nSPS) is 11.5. The van der Waals surface area contributed by atoms with Crippen molar-refractivity contribution in [2.75, 3.05) is 4.90 Å². The smallest absolute Gasteiger partial charge is 0.0461 e. The van der Waals surface area contributed by atoms with Crippen molar-refractivity contribution in [3.05, 3.63) is 425 Å². The standard InChI is InChI=1S/C46H32.C31H46.C20H19N.C8H10.2C7H8/c1-29-17-21-33(22-18-29)41-37-15-9-10-16-38(37)42(34-23-19-30(2)20-24-34)46-40-28-26-36(32-13-7-4-8-14-32)43-35(31-11-5-3-6-12-31)25-27-39(44(40)43)45(41)46;1-5-7-9-11-13-15-21-31(22-16-14-12-10-8-6-2)29-23-25(3)17-19-27(29)28-20-18-26(4)24-30(28)31;1-16-8-12-19(13-9-16)21(18-6-4-3-5-7-18)20-14-10-17(2)11-15-20;1-7-3-5-8(2)6-4-7;2*1-7-5-3-2-4-6-7/h3-28H,1-2H3;17-20,23-24H,5-16,21-22H2,1-4H3;3-15H,1-2H3;3-6H,1-2H3;2*2-6H,1H3. The van der Waals surface area contributed by atoms with Gasteiger partial charge in [0, 0.05) is 22.5 Å². The van der Waals surface area contributed by atoms with E-state index in [-0.39, 0.29) is 5.41 Å². The van der Waals surface area contributed by atoms with Gasteiger partial charge in [-0.2, -0.15) is 0 Å². The number of rotatable bonds is 21. The molecule has 120 heavy (non-hydrogen) atoms. The van der Waals surface area contributed by atoms with Crippen LogP contribution in [0.1, 0.15) is 171 Å². The number of benzene rings is 16. The van der Waals surface area contributed by atoms with E-state index >= 15 is 0 Å². The van der Waals surface area contributed by atoms with Gasteiger partial charge in [0.05, 0.1) is 0 Å². The number of unbranched alkanes of at least 4 members (excludes halogenated alkanes) is 10. The van der Waals surface area contributed by atoms with Crippen LogP contribution in [0.25, 0.3) is 99.4 Å². The summed E-state index contributed by atoms with van der Waals surface area (Å²) in [5, 5.41) is 5.24. The minimum absolute atomic E-state index is 0.234. The molecule has 0 saturated carbocycles. The third-order valence-electron chi connectivity index (χ3n) is 24.0. The molecule has 0 bridgehead atoms. The summed E-state index contributed by atoms with van der Waals surface area (Å²) in [4.78, 5) is 2.28. The number of anilines is 3. The lowest BCUT2D eigenvalue weighted by Crippen LogP contribution is -2.25. The van der Waals surface area contributed by atoms with E-state index in [0.717, 1.165) is 0 Å². The summed E-state index contributed by atoms with van der Waals surface area (Å²) in [5.41, 5.74) is 38.7. The lowest BCUT2D eigenvalue weighted by atomic mass is 9.70. The maximum absolute atomic E-state index is 2.53. The summed E-state index contributed by atoms with van der Waals surface area (Å²) < 4.78 is 0. The topological polar surface area (TPSA) is 3.24 Å². The van der Waals surface area contributed by atoms with Crippen molar-refractivity contribution < 1.29 is 0 Å². The molecule has 604 valence electrons. The SMILES string of the molecule is CCCCCCCCC1(CCCCCCCC)c2cc(C)ccc2-c2ccc(C)cc21.Cc1ccc(-c2c3c(c(-c4ccc(C)cc4)c4ccccc24)-c2ccc(-c4ccccc4)c4c(-c5ccccc5)ccc-3c24)cc1.Cc1ccc(C)cc1.Cc1ccc(N(c2ccccc2)c2ccc(C)cc2)cc1.Cc1ccccc1.Cc1ccccc1. The van der Waals surface area contributed by atoms with Gasteiger partial charge in [0.1, 0.15) is 0 Å². The average molecular weight is 1570 g/mol. The first-order valence-corrected chi connectivity index (χ1v) is 44.3. The molecule has 0 N–H and O–H groups in total. The summed E-state index contributed by atoms with van der Waals surface area (Å²) in [6.07, 6.45) is 19.2. The molecule has 0 aromatic heterocycles. The molecule has 0 heterocycles. The van der Waals surface area contributed by atoms with Crippen LogP contribution in [-0.4, -0.2) is 0 Å². The van der Waals surface area contributed by atoms with Crippen LogP contribution in [0, 0.1) is 69.2 Å². The molecule has 0 spiro atoms. The zero-order chi connectivity index (χ0) is 83.7. The predicted octanol–water partition coefficient (Wildman–Crippen LogP) is 35.1. The van der Waals surface area contributed by atoms with Crippen molar-refractivity contribution in [1.82, 2.24) is 0 Å². The average Bonchev–Trinajstić information content (AvgIpc) is 1.53. The number of para-hydroxylation sites is 1. The van der Waals surface area contributed by atoms with Crippen LogP contribution in [0.4, 0.5) is 17.1 Å². The molecule has 0 radical (unpaired) electrons. The maximum Gasteiger partial charge on any atom is 0.0461 e. The van der Waals surface area contributed by atoms with E-state index in [9.17, 15) is 0 Å². The van der Waals surface area contributed by atoms with E-state index < -0.39 is 0 Å². The lowest BCUT2D eigenvalue weighted by molar-refractivity contribution is 0.397. The lowest BCUT2D eigenvalue weighted by Gasteiger charge is -2.33. The molecule has 0 saturated heterocycles. The maximum atomic E-state index is 2.53. The van der Waals surface area contributed by atoms with Gasteiger partial charge in [0.15, 0.2) is 0 Å². The Kier molecular flexibility index (Phi) is 30.0. The molecule has 18 rings (SSSR count). The number of hydrogen-bond acceptors (Lipinski definition) is 1. The monoisotopic (exact) mass is 1570 g/mol. The summed E-state index contributed by atoms with van der Waals surface area (Å²) >= 11 is 0.